The Hall–Kier alpha value is -2.46. The first-order valence-corrected chi connectivity index (χ1v) is 9.61. The van der Waals surface area contributed by atoms with Crippen molar-refractivity contribution in [3.8, 4) is 11.5 Å². The highest BCUT2D eigenvalue weighted by Crippen LogP contribution is 2.30. The Morgan fingerprint density at radius 2 is 2.07 bits per heavy atom. The Bertz CT molecular complexity index is 842. The molecule has 3 rings (SSSR count). The van der Waals surface area contributed by atoms with Crippen molar-refractivity contribution in [3.05, 3.63) is 34.3 Å². The molecule has 8 nitrogen and oxygen atoms in total. The number of rotatable bonds is 5. The largest absolute Gasteiger partial charge is 0.493 e. The van der Waals surface area contributed by atoms with Crippen molar-refractivity contribution >= 4 is 34.8 Å². The van der Waals surface area contributed by atoms with Crippen molar-refractivity contribution in [1.29, 1.82) is 0 Å². The van der Waals surface area contributed by atoms with Crippen LogP contribution in [0.2, 0.25) is 0 Å². The molecule has 1 aliphatic heterocycles. The molecule has 0 saturated carbocycles. The van der Waals surface area contributed by atoms with E-state index in [4.69, 9.17) is 21.7 Å². The number of benzene rings is 1. The summed E-state index contributed by atoms with van der Waals surface area (Å²) in [4.78, 5) is 13.3. The highest BCUT2D eigenvalue weighted by Gasteiger charge is 2.31. The lowest BCUT2D eigenvalue weighted by Gasteiger charge is -2.30. The van der Waals surface area contributed by atoms with Gasteiger partial charge in [-0.05, 0) is 43.2 Å². The standard InChI is InChI=1S/C17H21N5O3S2/c1-11-15(27-20-19-11)16(23)21-8-5-9-22(21)17(26)18-10-12-6-4-7-13(24-2)14(12)25-3/h4,6-7H,5,8-10H2,1-3H3,(H,18,26). The minimum absolute atomic E-state index is 0.122. The molecule has 2 heterocycles. The quantitative estimate of drug-likeness (QED) is 0.754. The van der Waals surface area contributed by atoms with Crippen LogP contribution in [0.25, 0.3) is 0 Å². The summed E-state index contributed by atoms with van der Waals surface area (Å²) >= 11 is 6.64. The number of aryl methyl sites for hydroxylation is 1. The number of hydrazine groups is 1. The fraction of sp³-hybridized carbons (Fsp3) is 0.412. The van der Waals surface area contributed by atoms with Crippen molar-refractivity contribution in [3.63, 3.8) is 0 Å². The van der Waals surface area contributed by atoms with E-state index in [-0.39, 0.29) is 5.91 Å². The van der Waals surface area contributed by atoms with Gasteiger partial charge in [-0.3, -0.25) is 9.80 Å². The van der Waals surface area contributed by atoms with Crippen LogP contribution in [-0.2, 0) is 6.54 Å². The number of carbonyl (C=O) groups excluding carboxylic acids is 1. The number of hydrogen-bond donors (Lipinski definition) is 1. The molecular weight excluding hydrogens is 386 g/mol. The molecule has 144 valence electrons. The molecule has 1 fully saturated rings. The molecule has 1 aromatic carbocycles. The number of aromatic nitrogens is 2. The van der Waals surface area contributed by atoms with Gasteiger partial charge in [0, 0.05) is 25.2 Å². The van der Waals surface area contributed by atoms with Gasteiger partial charge in [-0.1, -0.05) is 16.6 Å². The van der Waals surface area contributed by atoms with Crippen LogP contribution in [0.3, 0.4) is 0 Å². The van der Waals surface area contributed by atoms with E-state index in [9.17, 15) is 4.79 Å². The minimum atomic E-state index is -0.122. The second-order valence-corrected chi connectivity index (χ2v) is 7.04. The monoisotopic (exact) mass is 407 g/mol. The molecule has 0 bridgehead atoms. The van der Waals surface area contributed by atoms with E-state index in [1.165, 1.54) is 0 Å². The Kier molecular flexibility index (Phi) is 6.07. The van der Waals surface area contributed by atoms with E-state index in [0.29, 0.717) is 46.8 Å². The number of methoxy groups -OCH3 is 2. The van der Waals surface area contributed by atoms with Gasteiger partial charge in [0.1, 0.15) is 4.88 Å². The third kappa shape index (κ3) is 3.96. The van der Waals surface area contributed by atoms with Crippen LogP contribution in [0.5, 0.6) is 11.5 Å². The van der Waals surface area contributed by atoms with E-state index < -0.39 is 0 Å². The van der Waals surface area contributed by atoms with Gasteiger partial charge >= 0.3 is 0 Å². The number of carbonyl (C=O) groups is 1. The molecule has 2 aromatic rings. The van der Waals surface area contributed by atoms with Gasteiger partial charge in [0.05, 0.1) is 19.9 Å². The fourth-order valence-corrected chi connectivity index (χ4v) is 3.80. The molecule has 1 aliphatic rings. The molecule has 0 unspecified atom stereocenters. The molecule has 0 spiro atoms. The SMILES string of the molecule is COc1cccc(CNC(=S)N2CCCN2C(=O)c2snnc2C)c1OC. The van der Waals surface area contributed by atoms with Gasteiger partial charge in [0.25, 0.3) is 5.91 Å². The second-order valence-electron chi connectivity index (χ2n) is 5.90. The maximum Gasteiger partial charge on any atom is 0.286 e. The number of ether oxygens (including phenoxy) is 2. The van der Waals surface area contributed by atoms with Crippen LogP contribution >= 0.6 is 23.8 Å². The number of amides is 1. The number of nitrogens with zero attached hydrogens (tertiary/aromatic N) is 4. The topological polar surface area (TPSA) is 79.8 Å². The fourth-order valence-electron chi connectivity index (χ4n) is 2.93. The predicted octanol–water partition coefficient (Wildman–Crippen LogP) is 2.00. The van der Waals surface area contributed by atoms with Crippen LogP contribution in [0.1, 0.15) is 27.3 Å². The average Bonchev–Trinajstić information content (AvgIpc) is 3.34. The third-order valence-electron chi connectivity index (χ3n) is 4.26. The lowest BCUT2D eigenvalue weighted by molar-refractivity contribution is 0.0495. The number of nitrogens with one attached hydrogen (secondary N) is 1. The van der Waals surface area contributed by atoms with Crippen LogP contribution in [0.4, 0.5) is 0 Å². The molecule has 0 aliphatic carbocycles. The lowest BCUT2D eigenvalue weighted by Crippen LogP contribution is -2.48. The highest BCUT2D eigenvalue weighted by molar-refractivity contribution is 7.80. The predicted molar refractivity (Wildman–Crippen MR) is 106 cm³/mol. The Morgan fingerprint density at radius 1 is 1.30 bits per heavy atom. The maximum atomic E-state index is 12.8. The van der Waals surface area contributed by atoms with Gasteiger partial charge in [0.15, 0.2) is 16.6 Å². The van der Waals surface area contributed by atoms with Crippen molar-refractivity contribution in [1.82, 2.24) is 24.9 Å². The zero-order valence-corrected chi connectivity index (χ0v) is 17.0. The summed E-state index contributed by atoms with van der Waals surface area (Å²) in [6.45, 7) is 3.53. The van der Waals surface area contributed by atoms with Gasteiger partial charge < -0.3 is 14.8 Å². The first-order valence-electron chi connectivity index (χ1n) is 8.42. The molecule has 10 heteroatoms. The van der Waals surface area contributed by atoms with Gasteiger partial charge in [-0.15, -0.1) is 5.10 Å². The Labute approximate surface area is 167 Å². The zero-order chi connectivity index (χ0) is 19.4. The van der Waals surface area contributed by atoms with Crippen molar-refractivity contribution in [2.75, 3.05) is 27.3 Å². The zero-order valence-electron chi connectivity index (χ0n) is 15.4. The normalized spacial score (nSPS) is 13.6. The maximum absolute atomic E-state index is 12.8. The summed E-state index contributed by atoms with van der Waals surface area (Å²) in [5.74, 6) is 1.20. The van der Waals surface area contributed by atoms with Crippen LogP contribution in [0, 0.1) is 6.92 Å². The van der Waals surface area contributed by atoms with Gasteiger partial charge in [-0.25, -0.2) is 5.01 Å². The molecule has 1 aromatic heterocycles. The summed E-state index contributed by atoms with van der Waals surface area (Å²) in [5.41, 5.74) is 1.55. The molecule has 1 saturated heterocycles. The number of hydrogen-bond acceptors (Lipinski definition) is 7. The summed E-state index contributed by atoms with van der Waals surface area (Å²) in [7, 11) is 3.20. The van der Waals surface area contributed by atoms with Crippen molar-refractivity contribution in [2.45, 2.75) is 19.9 Å². The second kappa shape index (κ2) is 8.49. The molecule has 0 atom stereocenters. The summed E-state index contributed by atoms with van der Waals surface area (Å²) in [6.07, 6.45) is 0.849. The summed E-state index contributed by atoms with van der Waals surface area (Å²) < 4.78 is 14.6. The molecule has 0 radical (unpaired) electrons. The minimum Gasteiger partial charge on any atom is -0.493 e. The van der Waals surface area contributed by atoms with Crippen LogP contribution < -0.4 is 14.8 Å². The molecular formula is C17H21N5O3S2. The van der Waals surface area contributed by atoms with Crippen molar-refractivity contribution in [2.24, 2.45) is 0 Å². The molecule has 1 amide bonds. The van der Waals surface area contributed by atoms with E-state index in [1.807, 2.05) is 18.2 Å². The first-order chi connectivity index (χ1) is 13.1. The van der Waals surface area contributed by atoms with Crippen LogP contribution in [-0.4, -0.2) is 57.9 Å². The Morgan fingerprint density at radius 3 is 2.74 bits per heavy atom. The lowest BCUT2D eigenvalue weighted by atomic mass is 10.2. The number of thiocarbonyl (C=S) groups is 1. The van der Waals surface area contributed by atoms with E-state index in [0.717, 1.165) is 23.5 Å². The van der Waals surface area contributed by atoms with Gasteiger partial charge in [0.2, 0.25) is 0 Å². The summed E-state index contributed by atoms with van der Waals surface area (Å²) in [6, 6.07) is 5.68. The smallest absolute Gasteiger partial charge is 0.286 e. The highest BCUT2D eigenvalue weighted by atomic mass is 32.1. The molecule has 1 N–H and O–H groups in total. The average molecular weight is 408 g/mol. The van der Waals surface area contributed by atoms with Crippen molar-refractivity contribution < 1.29 is 14.3 Å². The number of para-hydroxylation sites is 1. The van der Waals surface area contributed by atoms with E-state index in [1.54, 1.807) is 31.2 Å². The summed E-state index contributed by atoms with van der Waals surface area (Å²) in [5, 5.41) is 11.1. The van der Waals surface area contributed by atoms with Crippen LogP contribution in [0.15, 0.2) is 18.2 Å². The first kappa shape index (κ1) is 19.3. The third-order valence-corrected chi connectivity index (χ3v) is 5.43. The van der Waals surface area contributed by atoms with E-state index in [2.05, 4.69) is 14.9 Å². The van der Waals surface area contributed by atoms with Gasteiger partial charge in [-0.2, -0.15) is 0 Å². The molecule has 27 heavy (non-hydrogen) atoms. The van der Waals surface area contributed by atoms with E-state index >= 15 is 0 Å². The Balaban J connectivity index is 1.69.